The SMILES string of the molecule is CC.N#CCC(N)=O.N=C(C1CCCC1)n1c(=N)cnc2[nH]ccc21.[HH].[HH]. The molecule has 2 aromatic heterocycles. The van der Waals surface area contributed by atoms with Gasteiger partial charge in [-0.3, -0.25) is 20.2 Å². The molecule has 8 heteroatoms. The van der Waals surface area contributed by atoms with Gasteiger partial charge in [-0.2, -0.15) is 5.26 Å². The van der Waals surface area contributed by atoms with Crippen LogP contribution in [0.3, 0.4) is 0 Å². The first-order chi connectivity index (χ1) is 12.0. The molecule has 138 valence electrons. The molecule has 0 atom stereocenters. The van der Waals surface area contributed by atoms with E-state index in [0.717, 1.165) is 24.0 Å². The highest BCUT2D eigenvalue weighted by atomic mass is 16.1. The van der Waals surface area contributed by atoms with Gasteiger partial charge < -0.3 is 10.7 Å². The third kappa shape index (κ3) is 5.28. The fourth-order valence-corrected chi connectivity index (χ4v) is 2.67. The number of amides is 1. The van der Waals surface area contributed by atoms with E-state index >= 15 is 0 Å². The van der Waals surface area contributed by atoms with E-state index in [0.29, 0.717) is 11.8 Å². The molecule has 0 saturated heterocycles. The van der Waals surface area contributed by atoms with E-state index in [2.05, 4.69) is 15.7 Å². The van der Waals surface area contributed by atoms with Gasteiger partial charge in [0.05, 0.1) is 17.8 Å². The first kappa shape index (κ1) is 20.1. The Balaban J connectivity index is 0. The minimum Gasteiger partial charge on any atom is -0.369 e. The molecule has 25 heavy (non-hydrogen) atoms. The van der Waals surface area contributed by atoms with E-state index < -0.39 is 5.91 Å². The van der Waals surface area contributed by atoms with Crippen LogP contribution in [0.2, 0.25) is 0 Å². The van der Waals surface area contributed by atoms with Gasteiger partial charge >= 0.3 is 0 Å². The molecule has 8 nitrogen and oxygen atoms in total. The molecule has 0 bridgehead atoms. The Morgan fingerprint density at radius 1 is 1.52 bits per heavy atom. The van der Waals surface area contributed by atoms with Gasteiger partial charge in [0.1, 0.15) is 17.7 Å². The van der Waals surface area contributed by atoms with Crippen LogP contribution in [0, 0.1) is 28.1 Å². The first-order valence-electron chi connectivity index (χ1n) is 8.38. The summed E-state index contributed by atoms with van der Waals surface area (Å²) in [6.45, 7) is 4.00. The number of hydrogen-bond acceptors (Lipinski definition) is 5. The molecular weight excluding hydrogens is 318 g/mol. The molecule has 3 rings (SSSR count). The zero-order valence-corrected chi connectivity index (χ0v) is 14.7. The number of H-pyrrole nitrogens is 1. The van der Waals surface area contributed by atoms with Gasteiger partial charge in [-0.05, 0) is 18.9 Å². The lowest BCUT2D eigenvalue weighted by Gasteiger charge is -2.15. The molecule has 1 amide bonds. The lowest BCUT2D eigenvalue weighted by Crippen LogP contribution is -2.31. The Hall–Kier alpha value is -2.95. The summed E-state index contributed by atoms with van der Waals surface area (Å²) in [6, 6.07) is 3.47. The van der Waals surface area contributed by atoms with E-state index in [-0.39, 0.29) is 14.8 Å². The van der Waals surface area contributed by atoms with Crippen LogP contribution in [0.1, 0.15) is 48.8 Å². The molecule has 1 aliphatic rings. The number of carbonyl (C=O) groups is 1. The number of nitriles is 1. The van der Waals surface area contributed by atoms with Gasteiger partial charge in [0.2, 0.25) is 5.91 Å². The molecule has 0 spiro atoms. The number of fused-ring (bicyclic) bond motifs is 1. The van der Waals surface area contributed by atoms with Gasteiger partial charge in [0.25, 0.3) is 0 Å². The fourth-order valence-electron chi connectivity index (χ4n) is 2.67. The number of aromatic nitrogens is 3. The van der Waals surface area contributed by atoms with Gasteiger partial charge in [-0.1, -0.05) is 26.7 Å². The summed E-state index contributed by atoms with van der Waals surface area (Å²) in [6.07, 6.45) is 7.65. The number of nitrogens with one attached hydrogen (secondary N) is 3. The normalized spacial score (nSPS) is 13.2. The first-order valence-corrected chi connectivity index (χ1v) is 8.38. The molecule has 0 unspecified atom stereocenters. The summed E-state index contributed by atoms with van der Waals surface area (Å²) < 4.78 is 1.70. The van der Waals surface area contributed by atoms with Crippen molar-refractivity contribution in [2.45, 2.75) is 46.0 Å². The van der Waals surface area contributed by atoms with Crippen LogP contribution in [0.25, 0.3) is 11.2 Å². The van der Waals surface area contributed by atoms with E-state index in [1.165, 1.54) is 19.0 Å². The third-order valence-electron chi connectivity index (χ3n) is 3.74. The Labute approximate surface area is 149 Å². The van der Waals surface area contributed by atoms with Gasteiger partial charge in [0, 0.05) is 15.0 Å². The highest BCUT2D eigenvalue weighted by Gasteiger charge is 2.22. The maximum absolute atomic E-state index is 9.60. The molecule has 2 aromatic rings. The number of carbonyl (C=O) groups excluding carboxylic acids is 1. The van der Waals surface area contributed by atoms with Crippen LogP contribution in [0.4, 0.5) is 0 Å². The summed E-state index contributed by atoms with van der Waals surface area (Å²) in [4.78, 5) is 16.8. The molecule has 1 saturated carbocycles. The molecule has 0 aliphatic heterocycles. The summed E-state index contributed by atoms with van der Waals surface area (Å²) in [7, 11) is 0. The lowest BCUT2D eigenvalue weighted by molar-refractivity contribution is -0.117. The van der Waals surface area contributed by atoms with Crippen molar-refractivity contribution < 1.29 is 7.65 Å². The maximum Gasteiger partial charge on any atom is 0.231 e. The van der Waals surface area contributed by atoms with Gasteiger partial charge in [-0.25, -0.2) is 4.98 Å². The van der Waals surface area contributed by atoms with E-state index in [4.69, 9.17) is 16.1 Å². The van der Waals surface area contributed by atoms with Crippen molar-refractivity contribution in [3.8, 4) is 6.07 Å². The second-order valence-electron chi connectivity index (χ2n) is 5.36. The molecular formula is C17H29N7O. The quantitative estimate of drug-likeness (QED) is 0.489. The zero-order valence-electron chi connectivity index (χ0n) is 14.7. The number of hydrogen-bond donors (Lipinski definition) is 4. The molecule has 5 N–H and O–H groups in total. The van der Waals surface area contributed by atoms with Gasteiger partial charge in [0.15, 0.2) is 5.65 Å². The second kappa shape index (κ2) is 10.0. The Bertz CT molecular complexity index is 817. The smallest absolute Gasteiger partial charge is 0.231 e. The molecule has 0 radical (unpaired) electrons. The molecule has 1 fully saturated rings. The number of rotatable bonds is 2. The average Bonchev–Trinajstić information content (AvgIpc) is 3.28. The van der Waals surface area contributed by atoms with Crippen molar-refractivity contribution >= 4 is 22.9 Å². The van der Waals surface area contributed by atoms with Crippen molar-refractivity contribution in [3.05, 3.63) is 23.9 Å². The van der Waals surface area contributed by atoms with Crippen LogP contribution in [0.15, 0.2) is 18.5 Å². The Morgan fingerprint density at radius 3 is 2.68 bits per heavy atom. The predicted octanol–water partition coefficient (Wildman–Crippen LogP) is 2.76. The fraction of sp³-hybridized carbons (Fsp3) is 0.471. The number of nitrogens with zero attached hydrogens (tertiary/aromatic N) is 3. The Morgan fingerprint density at radius 2 is 2.16 bits per heavy atom. The largest absolute Gasteiger partial charge is 0.369 e. The van der Waals surface area contributed by atoms with E-state index in [1.54, 1.807) is 16.8 Å². The summed E-state index contributed by atoms with van der Waals surface area (Å²) in [5.74, 6) is 0.265. The van der Waals surface area contributed by atoms with Crippen LogP contribution in [-0.2, 0) is 4.79 Å². The van der Waals surface area contributed by atoms with Crippen molar-refractivity contribution in [1.82, 2.24) is 14.5 Å². The van der Waals surface area contributed by atoms with Crippen molar-refractivity contribution in [2.75, 3.05) is 0 Å². The van der Waals surface area contributed by atoms with Gasteiger partial charge in [-0.15, -0.1) is 0 Å². The molecule has 1 aliphatic carbocycles. The zero-order chi connectivity index (χ0) is 18.8. The van der Waals surface area contributed by atoms with Crippen molar-refractivity contribution in [3.63, 3.8) is 0 Å². The average molecular weight is 347 g/mol. The number of aromatic amines is 1. The van der Waals surface area contributed by atoms with Crippen molar-refractivity contribution in [1.29, 1.82) is 16.1 Å². The van der Waals surface area contributed by atoms with Crippen LogP contribution >= 0.6 is 0 Å². The highest BCUT2D eigenvalue weighted by Crippen LogP contribution is 2.26. The van der Waals surface area contributed by atoms with E-state index in [1.807, 2.05) is 19.9 Å². The number of nitrogens with two attached hydrogens (primary N) is 1. The third-order valence-corrected chi connectivity index (χ3v) is 3.74. The monoisotopic (exact) mass is 347 g/mol. The second-order valence-corrected chi connectivity index (χ2v) is 5.36. The standard InChI is InChI=1S/C12H15N5.C3H4N2O.C2H6.2H2/c13-10-7-16-12-9(5-6-15-12)17(10)11(14)8-3-1-2-4-8;4-2-1-3(5)6;1-2;;/h5-8,13-15H,1-4H2;1H2,(H2,5,6);1-2H3;2*1H. The van der Waals surface area contributed by atoms with Crippen LogP contribution in [-0.4, -0.2) is 26.3 Å². The minimum atomic E-state index is -0.572. The maximum atomic E-state index is 9.60. The topological polar surface area (TPSA) is 148 Å². The molecule has 0 aromatic carbocycles. The minimum absolute atomic E-state index is 0. The molecule has 2 heterocycles. The predicted molar refractivity (Wildman–Crippen MR) is 100 cm³/mol. The van der Waals surface area contributed by atoms with E-state index in [9.17, 15) is 4.79 Å². The summed E-state index contributed by atoms with van der Waals surface area (Å²) in [5.41, 5.74) is 6.40. The summed E-state index contributed by atoms with van der Waals surface area (Å²) >= 11 is 0. The summed E-state index contributed by atoms with van der Waals surface area (Å²) in [5, 5.41) is 23.9. The Kier molecular flexibility index (Phi) is 8.06. The highest BCUT2D eigenvalue weighted by molar-refractivity contribution is 5.91. The van der Waals surface area contributed by atoms with Crippen molar-refractivity contribution in [2.24, 2.45) is 11.7 Å². The van der Waals surface area contributed by atoms with Crippen LogP contribution < -0.4 is 11.2 Å². The lowest BCUT2D eigenvalue weighted by atomic mass is 10.1. The number of primary amides is 1. The van der Waals surface area contributed by atoms with Crippen LogP contribution in [0.5, 0.6) is 0 Å².